The Labute approximate surface area is 108 Å². The van der Waals surface area contributed by atoms with Crippen molar-refractivity contribution in [3.63, 3.8) is 0 Å². The van der Waals surface area contributed by atoms with Gasteiger partial charge in [0.2, 0.25) is 0 Å². The fourth-order valence-electron chi connectivity index (χ4n) is 2.56. The molecule has 2 atom stereocenters. The molecule has 2 unspecified atom stereocenters. The van der Waals surface area contributed by atoms with Crippen molar-refractivity contribution in [1.29, 1.82) is 0 Å². The lowest BCUT2D eigenvalue weighted by atomic mass is 10.2. The third-order valence-corrected chi connectivity index (χ3v) is 4.46. The summed E-state index contributed by atoms with van der Waals surface area (Å²) in [7, 11) is 0. The normalized spacial score (nSPS) is 23.5. The van der Waals surface area contributed by atoms with Crippen molar-refractivity contribution < 1.29 is 0 Å². The van der Waals surface area contributed by atoms with Gasteiger partial charge in [-0.3, -0.25) is 4.90 Å². The van der Waals surface area contributed by atoms with Crippen LogP contribution in [0.2, 0.25) is 0 Å². The van der Waals surface area contributed by atoms with Gasteiger partial charge in [-0.1, -0.05) is 0 Å². The van der Waals surface area contributed by atoms with Gasteiger partial charge in [0.15, 0.2) is 0 Å². The van der Waals surface area contributed by atoms with Crippen LogP contribution < -0.4 is 5.73 Å². The standard InChI is InChI=1S/C13H23N3S/c1-9(2)16-6-4-5-12(16)13-15-8-11(17-13)7-10(3)14/h8-10,12H,4-7,14H2,1-3H3. The second-order valence-corrected chi connectivity index (χ2v) is 6.48. The molecule has 1 aromatic rings. The van der Waals surface area contributed by atoms with Crippen molar-refractivity contribution in [2.75, 3.05) is 6.54 Å². The van der Waals surface area contributed by atoms with Gasteiger partial charge in [0, 0.05) is 23.2 Å². The highest BCUT2D eigenvalue weighted by molar-refractivity contribution is 7.11. The highest BCUT2D eigenvalue weighted by Crippen LogP contribution is 2.35. The summed E-state index contributed by atoms with van der Waals surface area (Å²) in [6.07, 6.45) is 5.51. The fourth-order valence-corrected chi connectivity index (χ4v) is 3.78. The molecule has 2 rings (SSSR count). The average Bonchev–Trinajstić information content (AvgIpc) is 2.82. The van der Waals surface area contributed by atoms with Crippen molar-refractivity contribution in [1.82, 2.24) is 9.88 Å². The maximum atomic E-state index is 5.83. The Kier molecular flexibility index (Phi) is 4.17. The summed E-state index contributed by atoms with van der Waals surface area (Å²) >= 11 is 1.85. The summed E-state index contributed by atoms with van der Waals surface area (Å²) in [6.45, 7) is 7.81. The predicted octanol–water partition coefficient (Wildman–Crippen LogP) is 2.58. The monoisotopic (exact) mass is 253 g/mol. The highest BCUT2D eigenvalue weighted by atomic mass is 32.1. The molecule has 0 aromatic carbocycles. The Morgan fingerprint density at radius 1 is 1.53 bits per heavy atom. The van der Waals surface area contributed by atoms with Crippen LogP contribution in [0.15, 0.2) is 6.20 Å². The fraction of sp³-hybridized carbons (Fsp3) is 0.769. The average molecular weight is 253 g/mol. The van der Waals surface area contributed by atoms with E-state index in [4.69, 9.17) is 5.73 Å². The maximum Gasteiger partial charge on any atom is 0.110 e. The zero-order chi connectivity index (χ0) is 12.4. The van der Waals surface area contributed by atoms with Crippen molar-refractivity contribution >= 4 is 11.3 Å². The van der Waals surface area contributed by atoms with E-state index in [2.05, 4.69) is 30.7 Å². The van der Waals surface area contributed by atoms with Gasteiger partial charge in [0.1, 0.15) is 5.01 Å². The molecule has 4 heteroatoms. The number of nitrogens with two attached hydrogens (primary N) is 1. The van der Waals surface area contributed by atoms with Crippen LogP contribution >= 0.6 is 11.3 Å². The molecule has 0 aliphatic carbocycles. The summed E-state index contributed by atoms with van der Waals surface area (Å²) in [4.78, 5) is 8.49. The summed E-state index contributed by atoms with van der Waals surface area (Å²) in [6, 6.07) is 1.39. The Bertz CT molecular complexity index is 359. The largest absolute Gasteiger partial charge is 0.328 e. The van der Waals surface area contributed by atoms with Crippen LogP contribution in [0.4, 0.5) is 0 Å². The Balaban J connectivity index is 2.08. The van der Waals surface area contributed by atoms with Gasteiger partial charge in [0.05, 0.1) is 6.04 Å². The van der Waals surface area contributed by atoms with Crippen LogP contribution in [0.25, 0.3) is 0 Å². The number of aromatic nitrogens is 1. The molecule has 0 saturated carbocycles. The number of rotatable bonds is 4. The lowest BCUT2D eigenvalue weighted by molar-refractivity contribution is 0.205. The van der Waals surface area contributed by atoms with E-state index in [0.29, 0.717) is 12.1 Å². The summed E-state index contributed by atoms with van der Waals surface area (Å²) in [5.41, 5.74) is 5.83. The second kappa shape index (κ2) is 5.46. The zero-order valence-electron chi connectivity index (χ0n) is 11.0. The minimum atomic E-state index is 0.230. The van der Waals surface area contributed by atoms with E-state index >= 15 is 0 Å². The summed E-state index contributed by atoms with van der Waals surface area (Å²) in [5, 5.41) is 1.28. The molecular weight excluding hydrogens is 230 g/mol. The molecule has 1 aliphatic heterocycles. The van der Waals surface area contributed by atoms with E-state index in [1.807, 2.05) is 17.5 Å². The first kappa shape index (κ1) is 13.0. The van der Waals surface area contributed by atoms with Crippen LogP contribution in [-0.4, -0.2) is 28.5 Å². The lowest BCUT2D eigenvalue weighted by Crippen LogP contribution is -2.30. The molecule has 96 valence electrons. The van der Waals surface area contributed by atoms with E-state index in [0.717, 1.165) is 6.42 Å². The first-order valence-corrected chi connectivity index (χ1v) is 7.35. The first-order chi connectivity index (χ1) is 8.08. The van der Waals surface area contributed by atoms with E-state index in [1.54, 1.807) is 0 Å². The van der Waals surface area contributed by atoms with Crippen LogP contribution in [0.1, 0.15) is 49.5 Å². The van der Waals surface area contributed by atoms with Gasteiger partial charge in [-0.05, 0) is 46.6 Å². The molecule has 0 amide bonds. The van der Waals surface area contributed by atoms with Gasteiger partial charge >= 0.3 is 0 Å². The highest BCUT2D eigenvalue weighted by Gasteiger charge is 2.29. The number of likely N-dealkylation sites (tertiary alicyclic amines) is 1. The molecule has 1 aromatic heterocycles. The van der Waals surface area contributed by atoms with E-state index in [9.17, 15) is 0 Å². The molecule has 17 heavy (non-hydrogen) atoms. The van der Waals surface area contributed by atoms with Crippen molar-refractivity contribution in [2.24, 2.45) is 5.73 Å². The van der Waals surface area contributed by atoms with Gasteiger partial charge in [-0.15, -0.1) is 11.3 Å². The molecule has 1 saturated heterocycles. The third kappa shape index (κ3) is 3.06. The second-order valence-electron chi connectivity index (χ2n) is 5.34. The van der Waals surface area contributed by atoms with Crippen molar-refractivity contribution in [3.8, 4) is 0 Å². The van der Waals surface area contributed by atoms with Crippen molar-refractivity contribution in [3.05, 3.63) is 16.1 Å². The molecule has 2 N–H and O–H groups in total. The van der Waals surface area contributed by atoms with E-state index in [1.165, 1.54) is 29.3 Å². The maximum absolute atomic E-state index is 5.83. The van der Waals surface area contributed by atoms with E-state index in [-0.39, 0.29) is 6.04 Å². The van der Waals surface area contributed by atoms with Crippen LogP contribution in [0.3, 0.4) is 0 Å². The third-order valence-electron chi connectivity index (χ3n) is 3.34. The SMILES string of the molecule is CC(N)Cc1cnc(C2CCCN2C(C)C)s1. The Hall–Kier alpha value is -0.450. The van der Waals surface area contributed by atoms with E-state index < -0.39 is 0 Å². The molecule has 0 spiro atoms. The number of nitrogens with zero attached hydrogens (tertiary/aromatic N) is 2. The van der Waals surface area contributed by atoms with Gasteiger partial charge < -0.3 is 5.73 Å². The van der Waals surface area contributed by atoms with Crippen LogP contribution in [0.5, 0.6) is 0 Å². The Morgan fingerprint density at radius 3 is 2.94 bits per heavy atom. The Morgan fingerprint density at radius 2 is 2.29 bits per heavy atom. The summed E-state index contributed by atoms with van der Waals surface area (Å²) in [5.74, 6) is 0. The van der Waals surface area contributed by atoms with Crippen LogP contribution in [0, 0.1) is 0 Å². The number of hydrogen-bond donors (Lipinski definition) is 1. The van der Waals surface area contributed by atoms with Gasteiger partial charge in [-0.25, -0.2) is 4.98 Å². The van der Waals surface area contributed by atoms with Crippen molar-refractivity contribution in [2.45, 2.75) is 58.2 Å². The van der Waals surface area contributed by atoms with Crippen LogP contribution in [-0.2, 0) is 6.42 Å². The quantitative estimate of drug-likeness (QED) is 0.897. The smallest absolute Gasteiger partial charge is 0.110 e. The molecule has 2 heterocycles. The molecule has 3 nitrogen and oxygen atoms in total. The molecule has 1 fully saturated rings. The molecule has 1 aliphatic rings. The topological polar surface area (TPSA) is 42.1 Å². The first-order valence-electron chi connectivity index (χ1n) is 6.54. The minimum absolute atomic E-state index is 0.230. The molecule has 0 radical (unpaired) electrons. The predicted molar refractivity (Wildman–Crippen MR) is 73.3 cm³/mol. The zero-order valence-corrected chi connectivity index (χ0v) is 11.8. The molecule has 0 bridgehead atoms. The molecular formula is C13H23N3S. The summed E-state index contributed by atoms with van der Waals surface area (Å²) < 4.78 is 0. The number of hydrogen-bond acceptors (Lipinski definition) is 4. The van der Waals surface area contributed by atoms with Gasteiger partial charge in [-0.2, -0.15) is 0 Å². The lowest BCUT2D eigenvalue weighted by Gasteiger charge is -2.26. The van der Waals surface area contributed by atoms with Gasteiger partial charge in [0.25, 0.3) is 0 Å². The number of thiazole rings is 1. The minimum Gasteiger partial charge on any atom is -0.328 e.